The van der Waals surface area contributed by atoms with Crippen molar-refractivity contribution in [1.29, 1.82) is 0 Å². The van der Waals surface area contributed by atoms with Gasteiger partial charge in [0, 0.05) is 12.2 Å². The molecule has 0 spiro atoms. The van der Waals surface area contributed by atoms with Crippen molar-refractivity contribution < 1.29 is 23.1 Å². The minimum atomic E-state index is -4.33. The quantitative estimate of drug-likeness (QED) is 0.216. The van der Waals surface area contributed by atoms with Crippen LogP contribution in [0.5, 0.6) is 0 Å². The Labute approximate surface area is 252 Å². The van der Waals surface area contributed by atoms with Crippen LogP contribution in [0.25, 0.3) is 22.4 Å². The molecule has 0 amide bonds. The van der Waals surface area contributed by atoms with Gasteiger partial charge >= 0.3 is 12.1 Å². The Balaban J connectivity index is 0.000000257. The number of nitrogens with one attached hydrogen (secondary N) is 1. The van der Waals surface area contributed by atoms with E-state index in [0.717, 1.165) is 40.8 Å². The van der Waals surface area contributed by atoms with Crippen molar-refractivity contribution in [3.05, 3.63) is 142 Å². The summed E-state index contributed by atoms with van der Waals surface area (Å²) in [5.41, 5.74) is 9.64. The predicted molar refractivity (Wildman–Crippen MR) is 171 cm³/mol. The SMILES string of the molecule is C=C(NCc1cccc(C(F)(F)F)c1)c1ccc(C)c(C(C)=C(C)C)c1.CCc1ccc(-c2ccccc2C(=O)O)cc1. The largest absolute Gasteiger partial charge is 0.478 e. The molecule has 0 fully saturated rings. The van der Waals surface area contributed by atoms with Gasteiger partial charge in [0.25, 0.3) is 0 Å². The lowest BCUT2D eigenvalue weighted by atomic mass is 9.95. The number of alkyl halides is 3. The topological polar surface area (TPSA) is 49.3 Å². The van der Waals surface area contributed by atoms with E-state index in [1.54, 1.807) is 18.2 Å². The zero-order valence-electron chi connectivity index (χ0n) is 25.3. The van der Waals surface area contributed by atoms with Crippen LogP contribution in [0.2, 0.25) is 0 Å². The fraction of sp³-hybridized carbons (Fsp3) is 0.216. The Hall–Kier alpha value is -4.58. The van der Waals surface area contributed by atoms with Crippen molar-refractivity contribution in [3.8, 4) is 11.1 Å². The van der Waals surface area contributed by atoms with Gasteiger partial charge in [0.15, 0.2) is 0 Å². The lowest BCUT2D eigenvalue weighted by Crippen LogP contribution is -2.12. The summed E-state index contributed by atoms with van der Waals surface area (Å²) >= 11 is 0. The molecule has 0 unspecified atom stereocenters. The van der Waals surface area contributed by atoms with E-state index in [1.165, 1.54) is 28.3 Å². The highest BCUT2D eigenvalue weighted by molar-refractivity contribution is 5.96. The Morgan fingerprint density at radius 2 is 1.51 bits per heavy atom. The minimum Gasteiger partial charge on any atom is -0.478 e. The molecule has 0 saturated carbocycles. The number of halogens is 3. The fourth-order valence-corrected chi connectivity index (χ4v) is 4.49. The number of carboxylic acid groups (broad SMARTS) is 1. The number of carbonyl (C=O) groups is 1. The molecule has 0 radical (unpaired) electrons. The van der Waals surface area contributed by atoms with Crippen LogP contribution in [-0.2, 0) is 19.1 Å². The van der Waals surface area contributed by atoms with E-state index in [9.17, 15) is 18.0 Å². The number of hydrogen-bond donors (Lipinski definition) is 2. The third-order valence-electron chi connectivity index (χ3n) is 7.33. The lowest BCUT2D eigenvalue weighted by Gasteiger charge is -2.15. The molecule has 4 aromatic rings. The normalized spacial score (nSPS) is 10.8. The van der Waals surface area contributed by atoms with Crippen LogP contribution in [0.3, 0.4) is 0 Å². The first-order valence-corrected chi connectivity index (χ1v) is 14.1. The molecule has 0 atom stereocenters. The Kier molecular flexibility index (Phi) is 11.1. The number of allylic oxidation sites excluding steroid dienone is 2. The highest BCUT2D eigenvalue weighted by Gasteiger charge is 2.30. The Morgan fingerprint density at radius 3 is 2.12 bits per heavy atom. The number of benzene rings is 4. The molecule has 0 aliphatic heterocycles. The van der Waals surface area contributed by atoms with Gasteiger partial charge in [-0.25, -0.2) is 4.79 Å². The first kappa shape index (κ1) is 32.9. The maximum atomic E-state index is 12.8. The molecular weight excluding hydrogens is 547 g/mol. The third-order valence-corrected chi connectivity index (χ3v) is 7.33. The molecule has 224 valence electrons. The van der Waals surface area contributed by atoms with Crippen molar-refractivity contribution in [3.63, 3.8) is 0 Å². The van der Waals surface area contributed by atoms with E-state index in [-0.39, 0.29) is 6.54 Å². The Bertz CT molecular complexity index is 1610. The predicted octanol–water partition coefficient (Wildman–Crippen LogP) is 10.2. The van der Waals surface area contributed by atoms with Gasteiger partial charge in [-0.3, -0.25) is 0 Å². The van der Waals surface area contributed by atoms with Crippen LogP contribution in [-0.4, -0.2) is 11.1 Å². The van der Waals surface area contributed by atoms with E-state index >= 15 is 0 Å². The summed E-state index contributed by atoms with van der Waals surface area (Å²) in [5, 5.41) is 12.3. The number of carboxylic acids is 1. The third kappa shape index (κ3) is 8.95. The van der Waals surface area contributed by atoms with Crippen molar-refractivity contribution in [2.75, 3.05) is 0 Å². The highest BCUT2D eigenvalue weighted by atomic mass is 19.4. The summed E-state index contributed by atoms with van der Waals surface area (Å²) in [7, 11) is 0. The number of rotatable bonds is 8. The first-order valence-electron chi connectivity index (χ1n) is 14.1. The van der Waals surface area contributed by atoms with Gasteiger partial charge in [0.2, 0.25) is 0 Å². The van der Waals surface area contributed by atoms with E-state index in [4.69, 9.17) is 5.11 Å². The van der Waals surface area contributed by atoms with Crippen molar-refractivity contribution in [2.45, 2.75) is 53.8 Å². The van der Waals surface area contributed by atoms with Crippen LogP contribution in [0.1, 0.15) is 71.4 Å². The first-order chi connectivity index (χ1) is 20.3. The molecule has 0 bridgehead atoms. The zero-order valence-corrected chi connectivity index (χ0v) is 25.3. The van der Waals surface area contributed by atoms with Crippen LogP contribution < -0.4 is 5.32 Å². The van der Waals surface area contributed by atoms with Gasteiger partial charge in [-0.05, 0) is 103 Å². The molecule has 0 aliphatic carbocycles. The number of aromatic carboxylic acids is 1. The van der Waals surface area contributed by atoms with Crippen LogP contribution >= 0.6 is 0 Å². The monoisotopic (exact) mass is 585 g/mol. The van der Waals surface area contributed by atoms with Gasteiger partial charge in [0.1, 0.15) is 0 Å². The highest BCUT2D eigenvalue weighted by Crippen LogP contribution is 2.30. The summed E-state index contributed by atoms with van der Waals surface area (Å²) in [6.07, 6.45) is -3.35. The molecule has 0 heterocycles. The number of aryl methyl sites for hydroxylation is 2. The molecule has 4 aromatic carbocycles. The maximum absolute atomic E-state index is 12.8. The van der Waals surface area contributed by atoms with E-state index < -0.39 is 17.7 Å². The lowest BCUT2D eigenvalue weighted by molar-refractivity contribution is -0.137. The molecule has 0 aliphatic rings. The van der Waals surface area contributed by atoms with E-state index in [2.05, 4.69) is 52.6 Å². The van der Waals surface area contributed by atoms with Crippen LogP contribution in [0.4, 0.5) is 13.2 Å². The van der Waals surface area contributed by atoms with Crippen molar-refractivity contribution in [1.82, 2.24) is 5.32 Å². The van der Waals surface area contributed by atoms with Gasteiger partial charge < -0.3 is 10.4 Å². The van der Waals surface area contributed by atoms with Crippen LogP contribution in [0, 0.1) is 6.92 Å². The van der Waals surface area contributed by atoms with E-state index in [0.29, 0.717) is 16.8 Å². The average molecular weight is 586 g/mol. The fourth-order valence-electron chi connectivity index (χ4n) is 4.49. The summed E-state index contributed by atoms with van der Waals surface area (Å²) < 4.78 is 38.4. The molecule has 3 nitrogen and oxygen atoms in total. The summed E-state index contributed by atoms with van der Waals surface area (Å²) in [6, 6.07) is 26.5. The summed E-state index contributed by atoms with van der Waals surface area (Å²) in [4.78, 5) is 11.1. The standard InChI is InChI=1S/C22H24F3N.C15H14O2/c1-14(2)16(4)21-12-19(10-9-15(21)3)17(5)26-13-18-7-6-8-20(11-18)22(23,24)25;1-2-11-7-9-12(10-8-11)13-5-3-4-6-14(13)15(16)17/h6-12,26H,5,13H2,1-4H3;3-10H,2H2,1H3,(H,16,17). The minimum absolute atomic E-state index is 0.285. The molecule has 6 heteroatoms. The number of hydrogen-bond acceptors (Lipinski definition) is 2. The second kappa shape index (κ2) is 14.5. The van der Waals surface area contributed by atoms with Crippen molar-refractivity contribution >= 4 is 17.2 Å². The molecule has 43 heavy (non-hydrogen) atoms. The van der Waals surface area contributed by atoms with E-state index in [1.807, 2.05) is 48.5 Å². The second-order valence-corrected chi connectivity index (χ2v) is 10.6. The van der Waals surface area contributed by atoms with Crippen LogP contribution in [0.15, 0.2) is 103 Å². The molecular formula is C37H38F3NO2. The smallest absolute Gasteiger partial charge is 0.416 e. The van der Waals surface area contributed by atoms with Gasteiger partial charge in [0.05, 0.1) is 11.1 Å². The summed E-state index contributed by atoms with van der Waals surface area (Å²) in [5.74, 6) is -0.889. The van der Waals surface area contributed by atoms with Gasteiger partial charge in [-0.15, -0.1) is 0 Å². The Morgan fingerprint density at radius 1 is 0.837 bits per heavy atom. The maximum Gasteiger partial charge on any atom is 0.416 e. The van der Waals surface area contributed by atoms with Gasteiger partial charge in [-0.1, -0.05) is 85.8 Å². The molecule has 4 rings (SSSR count). The molecule has 2 N–H and O–H groups in total. The summed E-state index contributed by atoms with van der Waals surface area (Å²) in [6.45, 7) is 14.7. The molecule has 0 aromatic heterocycles. The average Bonchev–Trinajstić information content (AvgIpc) is 2.99. The van der Waals surface area contributed by atoms with Crippen molar-refractivity contribution in [2.24, 2.45) is 0 Å². The second-order valence-electron chi connectivity index (χ2n) is 10.6. The molecule has 0 saturated heterocycles. The van der Waals surface area contributed by atoms with Gasteiger partial charge in [-0.2, -0.15) is 13.2 Å². The zero-order chi connectivity index (χ0) is 31.7.